The van der Waals surface area contributed by atoms with Gasteiger partial charge in [-0.2, -0.15) is 0 Å². The molecule has 0 spiro atoms. The lowest BCUT2D eigenvalue weighted by molar-refractivity contribution is 0.0380. The van der Waals surface area contributed by atoms with Crippen LogP contribution in [0.15, 0.2) is 35.7 Å². The predicted octanol–water partition coefficient (Wildman–Crippen LogP) is 6.31. The number of nitrogens with one attached hydrogen (secondary N) is 1. The fourth-order valence-corrected chi connectivity index (χ4v) is 6.34. The van der Waals surface area contributed by atoms with E-state index in [-0.39, 0.29) is 12.0 Å². The molecule has 3 N–H and O–H groups in total. The molecule has 1 aliphatic carbocycles. The third kappa shape index (κ3) is 4.56. The smallest absolute Gasteiger partial charge is 0.342 e. The summed E-state index contributed by atoms with van der Waals surface area (Å²) in [7, 11) is 1.60. The molecule has 0 unspecified atom stereocenters. The number of benzene rings is 1. The Labute approximate surface area is 217 Å². The van der Waals surface area contributed by atoms with Crippen LogP contribution in [0.2, 0.25) is 0 Å². The Morgan fingerprint density at radius 3 is 2.61 bits per heavy atom. The number of pyridine rings is 1. The third-order valence-corrected chi connectivity index (χ3v) is 8.18. The molecule has 1 aliphatic rings. The maximum Gasteiger partial charge on any atom is 0.342 e. The van der Waals surface area contributed by atoms with E-state index in [9.17, 15) is 9.59 Å². The maximum absolute atomic E-state index is 13.4. The summed E-state index contributed by atoms with van der Waals surface area (Å²) in [5.41, 5.74) is 11.0. The highest BCUT2D eigenvalue weighted by Gasteiger charge is 2.26. The Bertz CT molecular complexity index is 1450. The standard InChI is InChI=1S/C27H27N3O4S2/c1-14(2)34-27(32)21-19(15-8-10-17(33-3)11-9-15)13-35-26(21)30-24(31)23-22(28)18-12-16-6-4-5-7-20(16)29-25(18)36-23/h8-14H,4-7,28H2,1-3H3,(H,30,31). The average molecular weight is 522 g/mol. The van der Waals surface area contributed by atoms with Crippen LogP contribution in [0.3, 0.4) is 0 Å². The van der Waals surface area contributed by atoms with Crippen LogP contribution in [0.1, 0.15) is 58.0 Å². The summed E-state index contributed by atoms with van der Waals surface area (Å²) in [6.07, 6.45) is 3.90. The summed E-state index contributed by atoms with van der Waals surface area (Å²) < 4.78 is 10.8. The average Bonchev–Trinajstić information content (AvgIpc) is 3.43. The van der Waals surface area contributed by atoms with Gasteiger partial charge in [-0.3, -0.25) is 4.79 Å². The topological polar surface area (TPSA) is 104 Å². The van der Waals surface area contributed by atoms with Gasteiger partial charge < -0.3 is 20.5 Å². The number of hydrogen-bond acceptors (Lipinski definition) is 8. The number of fused-ring (bicyclic) bond motifs is 2. The first-order valence-corrected chi connectivity index (χ1v) is 13.5. The number of hydrogen-bond donors (Lipinski definition) is 2. The maximum atomic E-state index is 13.4. The van der Waals surface area contributed by atoms with E-state index < -0.39 is 5.97 Å². The molecule has 3 heterocycles. The number of carbonyl (C=O) groups is 2. The number of carbonyl (C=O) groups excluding carboxylic acids is 2. The van der Waals surface area contributed by atoms with E-state index in [0.29, 0.717) is 32.4 Å². The second-order valence-electron chi connectivity index (χ2n) is 8.99. The summed E-state index contributed by atoms with van der Waals surface area (Å²) >= 11 is 2.56. The summed E-state index contributed by atoms with van der Waals surface area (Å²) in [5, 5.41) is 6.00. The Hall–Kier alpha value is -3.43. The molecular formula is C27H27N3O4S2. The van der Waals surface area contributed by atoms with Crippen LogP contribution in [0, 0.1) is 0 Å². The quantitative estimate of drug-likeness (QED) is 0.288. The Morgan fingerprint density at radius 2 is 1.89 bits per heavy atom. The van der Waals surface area contributed by atoms with Crippen LogP contribution in [0.4, 0.5) is 10.7 Å². The van der Waals surface area contributed by atoms with Crippen LogP contribution in [0.25, 0.3) is 21.3 Å². The number of esters is 1. The van der Waals surface area contributed by atoms with Gasteiger partial charge in [0.05, 0.1) is 18.9 Å². The van der Waals surface area contributed by atoms with Crippen LogP contribution in [0.5, 0.6) is 5.75 Å². The number of anilines is 2. The van der Waals surface area contributed by atoms with E-state index in [1.54, 1.807) is 21.0 Å². The van der Waals surface area contributed by atoms with Gasteiger partial charge >= 0.3 is 5.97 Å². The largest absolute Gasteiger partial charge is 0.497 e. The minimum atomic E-state index is -0.494. The number of methoxy groups -OCH3 is 1. The van der Waals surface area contributed by atoms with Gasteiger partial charge in [0.2, 0.25) is 0 Å². The summed E-state index contributed by atoms with van der Waals surface area (Å²) in [4.78, 5) is 32.4. The molecule has 5 rings (SSSR count). The molecule has 4 aromatic rings. The van der Waals surface area contributed by atoms with E-state index in [2.05, 4.69) is 11.4 Å². The van der Waals surface area contributed by atoms with Crippen molar-refractivity contribution in [2.45, 2.75) is 45.6 Å². The van der Waals surface area contributed by atoms with Crippen LogP contribution >= 0.6 is 22.7 Å². The summed E-state index contributed by atoms with van der Waals surface area (Å²) in [6.45, 7) is 3.58. The number of aromatic nitrogens is 1. The normalized spacial score (nSPS) is 13.0. The minimum absolute atomic E-state index is 0.306. The Kier molecular flexibility index (Phi) is 6.68. The van der Waals surface area contributed by atoms with Gasteiger partial charge in [0, 0.05) is 22.0 Å². The van der Waals surface area contributed by atoms with E-state index in [1.165, 1.54) is 28.2 Å². The van der Waals surface area contributed by atoms with Crippen molar-refractivity contribution in [2.24, 2.45) is 0 Å². The molecule has 1 aromatic carbocycles. The lowest BCUT2D eigenvalue weighted by atomic mass is 9.95. The van der Waals surface area contributed by atoms with Gasteiger partial charge in [0.1, 0.15) is 26.0 Å². The van der Waals surface area contributed by atoms with E-state index >= 15 is 0 Å². The molecule has 186 valence electrons. The predicted molar refractivity (Wildman–Crippen MR) is 145 cm³/mol. The number of aryl methyl sites for hydroxylation is 2. The lowest BCUT2D eigenvalue weighted by Crippen LogP contribution is -2.16. The number of rotatable bonds is 6. The monoisotopic (exact) mass is 521 g/mol. The first-order chi connectivity index (χ1) is 17.4. The van der Waals surface area contributed by atoms with Crippen molar-refractivity contribution in [3.63, 3.8) is 0 Å². The highest BCUT2D eigenvalue weighted by atomic mass is 32.1. The molecule has 0 saturated carbocycles. The van der Waals surface area contributed by atoms with Crippen LogP contribution in [-0.4, -0.2) is 30.1 Å². The number of amides is 1. The number of thiophene rings is 2. The highest BCUT2D eigenvalue weighted by molar-refractivity contribution is 7.21. The van der Waals surface area contributed by atoms with Crippen molar-refractivity contribution in [3.8, 4) is 16.9 Å². The number of ether oxygens (including phenoxy) is 2. The fraction of sp³-hybridized carbons (Fsp3) is 0.296. The summed E-state index contributed by atoms with van der Waals surface area (Å²) in [6, 6.07) is 9.48. The van der Waals surface area contributed by atoms with Gasteiger partial charge in [0.25, 0.3) is 5.91 Å². The molecule has 0 radical (unpaired) electrons. The zero-order valence-electron chi connectivity index (χ0n) is 20.3. The van der Waals surface area contributed by atoms with Gasteiger partial charge in [-0.1, -0.05) is 12.1 Å². The van der Waals surface area contributed by atoms with Crippen molar-refractivity contribution in [1.29, 1.82) is 0 Å². The van der Waals surface area contributed by atoms with Crippen molar-refractivity contribution in [3.05, 3.63) is 57.4 Å². The highest BCUT2D eigenvalue weighted by Crippen LogP contribution is 2.39. The van der Waals surface area contributed by atoms with Crippen molar-refractivity contribution in [1.82, 2.24) is 4.98 Å². The van der Waals surface area contributed by atoms with Gasteiger partial charge in [-0.05, 0) is 68.9 Å². The van der Waals surface area contributed by atoms with E-state index in [4.69, 9.17) is 20.2 Å². The Morgan fingerprint density at radius 1 is 1.14 bits per heavy atom. The molecule has 0 atom stereocenters. The van der Waals surface area contributed by atoms with Gasteiger partial charge in [-0.25, -0.2) is 9.78 Å². The second kappa shape index (κ2) is 9.91. The van der Waals surface area contributed by atoms with Crippen molar-refractivity contribution >= 4 is 55.5 Å². The molecule has 0 saturated heterocycles. The molecule has 3 aromatic heterocycles. The number of nitrogens with two attached hydrogens (primary N) is 1. The van der Waals surface area contributed by atoms with Crippen molar-refractivity contribution < 1.29 is 19.1 Å². The van der Waals surface area contributed by atoms with Crippen LogP contribution in [-0.2, 0) is 17.6 Å². The molecular weight excluding hydrogens is 494 g/mol. The van der Waals surface area contributed by atoms with E-state index in [1.807, 2.05) is 29.6 Å². The zero-order valence-corrected chi connectivity index (χ0v) is 22.0. The Balaban J connectivity index is 1.50. The SMILES string of the molecule is COc1ccc(-c2csc(NC(=O)c3sc4nc5c(cc4c3N)CCCC5)c2C(=O)OC(C)C)cc1. The second-order valence-corrected chi connectivity index (χ2v) is 10.9. The van der Waals surface area contributed by atoms with Gasteiger partial charge in [0.15, 0.2) is 0 Å². The molecule has 9 heteroatoms. The fourth-order valence-electron chi connectivity index (χ4n) is 4.40. The molecule has 1 amide bonds. The zero-order chi connectivity index (χ0) is 25.4. The first-order valence-electron chi connectivity index (χ1n) is 11.8. The number of nitrogens with zero attached hydrogens (tertiary/aromatic N) is 1. The molecule has 7 nitrogen and oxygen atoms in total. The first kappa shape index (κ1) is 24.3. The molecule has 0 aliphatic heterocycles. The van der Waals surface area contributed by atoms with Crippen LogP contribution < -0.4 is 15.8 Å². The van der Waals surface area contributed by atoms with E-state index in [0.717, 1.165) is 47.2 Å². The number of nitrogen functional groups attached to an aromatic ring is 1. The third-order valence-electron chi connectivity index (χ3n) is 6.17. The molecule has 36 heavy (non-hydrogen) atoms. The van der Waals surface area contributed by atoms with Crippen molar-refractivity contribution in [2.75, 3.05) is 18.2 Å². The lowest BCUT2D eigenvalue weighted by Gasteiger charge is -2.14. The minimum Gasteiger partial charge on any atom is -0.497 e. The summed E-state index contributed by atoms with van der Waals surface area (Å²) in [5.74, 6) is -0.148. The van der Waals surface area contributed by atoms with Gasteiger partial charge in [-0.15, -0.1) is 22.7 Å². The molecule has 0 fully saturated rings. The molecule has 0 bridgehead atoms.